The van der Waals surface area contributed by atoms with Gasteiger partial charge >= 0.3 is 0 Å². The third-order valence-electron chi connectivity index (χ3n) is 4.03. The molecule has 1 N–H and O–H groups in total. The van der Waals surface area contributed by atoms with Crippen molar-refractivity contribution in [3.63, 3.8) is 0 Å². The van der Waals surface area contributed by atoms with E-state index in [0.717, 1.165) is 24.5 Å². The predicted octanol–water partition coefficient (Wildman–Crippen LogP) is 2.23. The third kappa shape index (κ3) is 3.91. The summed E-state index contributed by atoms with van der Waals surface area (Å²) in [5, 5.41) is 3.18. The first-order valence-electron chi connectivity index (χ1n) is 7.17. The third-order valence-corrected chi connectivity index (χ3v) is 4.03. The van der Waals surface area contributed by atoms with Gasteiger partial charge in [0.2, 0.25) is 0 Å². The van der Waals surface area contributed by atoms with Crippen molar-refractivity contribution in [2.75, 3.05) is 27.2 Å². The molecule has 4 nitrogen and oxygen atoms in total. The smallest absolute Gasteiger partial charge is 0.137 e. The first kappa shape index (κ1) is 14.3. The van der Waals surface area contributed by atoms with E-state index in [1.807, 2.05) is 25.4 Å². The summed E-state index contributed by atoms with van der Waals surface area (Å²) in [5.74, 6) is 0.868. The average molecular weight is 263 g/mol. The number of aromatic nitrogens is 1. The number of pyridine rings is 1. The van der Waals surface area contributed by atoms with Gasteiger partial charge < -0.3 is 15.0 Å². The van der Waals surface area contributed by atoms with Gasteiger partial charge in [0.05, 0.1) is 18.5 Å². The molecular weight excluding hydrogens is 238 g/mol. The summed E-state index contributed by atoms with van der Waals surface area (Å²) in [7, 11) is 4.14. The molecular formula is C15H25N3O. The Labute approximate surface area is 116 Å². The zero-order chi connectivity index (χ0) is 13.7. The van der Waals surface area contributed by atoms with Crippen LogP contribution in [-0.4, -0.2) is 43.2 Å². The second kappa shape index (κ2) is 6.87. The fourth-order valence-corrected chi connectivity index (χ4v) is 2.54. The zero-order valence-electron chi connectivity index (χ0n) is 12.2. The maximum atomic E-state index is 5.78. The van der Waals surface area contributed by atoms with Crippen LogP contribution in [0.3, 0.4) is 0 Å². The molecule has 0 amide bonds. The molecule has 1 aliphatic rings. The lowest BCUT2D eigenvalue weighted by Gasteiger charge is -2.19. The number of ether oxygens (including phenoxy) is 1. The van der Waals surface area contributed by atoms with Crippen LogP contribution in [0.1, 0.15) is 37.9 Å². The molecule has 106 valence electrons. The van der Waals surface area contributed by atoms with Gasteiger partial charge in [0.1, 0.15) is 5.75 Å². The van der Waals surface area contributed by atoms with Gasteiger partial charge in [0, 0.05) is 12.1 Å². The van der Waals surface area contributed by atoms with E-state index < -0.39 is 0 Å². The maximum absolute atomic E-state index is 5.78. The summed E-state index contributed by atoms with van der Waals surface area (Å²) in [4.78, 5) is 6.85. The minimum Gasteiger partial charge on any atom is -0.492 e. The van der Waals surface area contributed by atoms with E-state index in [4.69, 9.17) is 4.74 Å². The summed E-state index contributed by atoms with van der Waals surface area (Å²) in [6, 6.07) is 5.00. The van der Waals surface area contributed by atoms with E-state index in [9.17, 15) is 0 Å². The number of nitrogens with one attached hydrogen (secondary N) is 1. The van der Waals surface area contributed by atoms with Crippen molar-refractivity contribution >= 4 is 0 Å². The Morgan fingerprint density at radius 2 is 2.37 bits per heavy atom. The van der Waals surface area contributed by atoms with E-state index in [2.05, 4.69) is 29.2 Å². The van der Waals surface area contributed by atoms with Crippen molar-refractivity contribution in [1.29, 1.82) is 0 Å². The van der Waals surface area contributed by atoms with E-state index >= 15 is 0 Å². The molecule has 1 saturated heterocycles. The van der Waals surface area contributed by atoms with Gasteiger partial charge in [0.25, 0.3) is 0 Å². The van der Waals surface area contributed by atoms with Crippen LogP contribution in [0.2, 0.25) is 0 Å². The number of hydrogen-bond donors (Lipinski definition) is 1. The van der Waals surface area contributed by atoms with Crippen LogP contribution >= 0.6 is 0 Å². The Morgan fingerprint density at radius 1 is 1.53 bits per heavy atom. The highest BCUT2D eigenvalue weighted by Crippen LogP contribution is 2.19. The Bertz CT molecular complexity index is 379. The van der Waals surface area contributed by atoms with Crippen LogP contribution in [-0.2, 0) is 0 Å². The van der Waals surface area contributed by atoms with Gasteiger partial charge in [-0.3, -0.25) is 4.98 Å². The van der Waals surface area contributed by atoms with E-state index in [1.165, 1.54) is 19.4 Å². The number of rotatable bonds is 6. The van der Waals surface area contributed by atoms with Crippen LogP contribution < -0.4 is 10.1 Å². The first-order valence-corrected chi connectivity index (χ1v) is 7.17. The van der Waals surface area contributed by atoms with E-state index in [-0.39, 0.29) is 6.04 Å². The lowest BCUT2D eigenvalue weighted by atomic mass is 10.1. The highest BCUT2D eigenvalue weighted by molar-refractivity contribution is 5.21. The Balaban J connectivity index is 1.77. The van der Waals surface area contributed by atoms with Crippen LogP contribution in [0.25, 0.3) is 0 Å². The summed E-state index contributed by atoms with van der Waals surface area (Å²) in [6.45, 7) is 4.10. The standard InChI is InChI=1S/C15H25N3O/c1-12(16-2)15-7-6-14(11-17-15)19-10-8-13-5-4-9-18(13)3/h6-7,11-13,16H,4-5,8-10H2,1-3H3. The van der Waals surface area contributed by atoms with Gasteiger partial charge in [-0.25, -0.2) is 0 Å². The minimum absolute atomic E-state index is 0.279. The second-order valence-corrected chi connectivity index (χ2v) is 5.34. The predicted molar refractivity (Wildman–Crippen MR) is 77.5 cm³/mol. The summed E-state index contributed by atoms with van der Waals surface area (Å²) in [5.41, 5.74) is 1.05. The Hall–Kier alpha value is -1.13. The fourth-order valence-electron chi connectivity index (χ4n) is 2.54. The summed E-state index contributed by atoms with van der Waals surface area (Å²) < 4.78 is 5.78. The van der Waals surface area contributed by atoms with Crippen LogP contribution in [0.15, 0.2) is 18.3 Å². The lowest BCUT2D eigenvalue weighted by Crippen LogP contribution is -2.26. The molecule has 0 radical (unpaired) electrons. The number of hydrogen-bond acceptors (Lipinski definition) is 4. The number of nitrogens with zero attached hydrogens (tertiary/aromatic N) is 2. The normalized spacial score (nSPS) is 21.5. The maximum Gasteiger partial charge on any atom is 0.137 e. The highest BCUT2D eigenvalue weighted by atomic mass is 16.5. The molecule has 1 aromatic rings. The Morgan fingerprint density at radius 3 is 2.95 bits per heavy atom. The van der Waals surface area contributed by atoms with Crippen LogP contribution in [0, 0.1) is 0 Å². The molecule has 1 aliphatic heterocycles. The summed E-state index contributed by atoms with van der Waals surface area (Å²) >= 11 is 0. The molecule has 0 aromatic carbocycles. The first-order chi connectivity index (χ1) is 9.20. The Kier molecular flexibility index (Phi) is 5.16. The molecule has 0 saturated carbocycles. The van der Waals surface area contributed by atoms with Crippen molar-refractivity contribution in [2.24, 2.45) is 0 Å². The monoisotopic (exact) mass is 263 g/mol. The molecule has 2 heterocycles. The van der Waals surface area contributed by atoms with Crippen LogP contribution in [0.5, 0.6) is 5.75 Å². The number of likely N-dealkylation sites (tertiary alicyclic amines) is 1. The molecule has 0 aliphatic carbocycles. The van der Waals surface area contributed by atoms with Crippen molar-refractivity contribution in [2.45, 2.75) is 38.3 Å². The SMILES string of the molecule is CNC(C)c1ccc(OCCC2CCCN2C)cn1. The average Bonchev–Trinajstić information content (AvgIpc) is 2.84. The molecule has 0 spiro atoms. The molecule has 1 aromatic heterocycles. The summed E-state index contributed by atoms with van der Waals surface area (Å²) in [6.07, 6.45) is 5.54. The van der Waals surface area contributed by atoms with Gasteiger partial charge in [-0.15, -0.1) is 0 Å². The van der Waals surface area contributed by atoms with Crippen molar-refractivity contribution in [1.82, 2.24) is 15.2 Å². The fraction of sp³-hybridized carbons (Fsp3) is 0.667. The van der Waals surface area contributed by atoms with Gasteiger partial charge in [-0.05, 0) is 59.0 Å². The molecule has 2 atom stereocenters. The molecule has 19 heavy (non-hydrogen) atoms. The van der Waals surface area contributed by atoms with Crippen LogP contribution in [0.4, 0.5) is 0 Å². The van der Waals surface area contributed by atoms with Crippen molar-refractivity contribution in [3.05, 3.63) is 24.0 Å². The molecule has 4 heteroatoms. The highest BCUT2D eigenvalue weighted by Gasteiger charge is 2.20. The molecule has 0 bridgehead atoms. The topological polar surface area (TPSA) is 37.4 Å². The van der Waals surface area contributed by atoms with E-state index in [0.29, 0.717) is 6.04 Å². The molecule has 1 fully saturated rings. The van der Waals surface area contributed by atoms with Gasteiger partial charge in [-0.1, -0.05) is 0 Å². The minimum atomic E-state index is 0.279. The molecule has 2 rings (SSSR count). The van der Waals surface area contributed by atoms with E-state index in [1.54, 1.807) is 0 Å². The van der Waals surface area contributed by atoms with Gasteiger partial charge in [-0.2, -0.15) is 0 Å². The quantitative estimate of drug-likeness (QED) is 0.854. The van der Waals surface area contributed by atoms with Crippen molar-refractivity contribution in [3.8, 4) is 5.75 Å². The van der Waals surface area contributed by atoms with Gasteiger partial charge in [0.15, 0.2) is 0 Å². The van der Waals surface area contributed by atoms with Crippen molar-refractivity contribution < 1.29 is 4.74 Å². The molecule has 2 unspecified atom stereocenters. The zero-order valence-corrected chi connectivity index (χ0v) is 12.2. The lowest BCUT2D eigenvalue weighted by molar-refractivity contribution is 0.233. The largest absolute Gasteiger partial charge is 0.492 e. The second-order valence-electron chi connectivity index (χ2n) is 5.34.